The first-order valence-electron chi connectivity index (χ1n) is 5.88. The van der Waals surface area contributed by atoms with Crippen LogP contribution < -0.4 is 5.32 Å². The van der Waals surface area contributed by atoms with E-state index in [1.165, 1.54) is 6.26 Å². The lowest BCUT2D eigenvalue weighted by Crippen LogP contribution is -2.39. The zero-order valence-electron chi connectivity index (χ0n) is 9.96. The zero-order valence-corrected chi connectivity index (χ0v) is 10.8. The van der Waals surface area contributed by atoms with Crippen LogP contribution in [0.3, 0.4) is 0 Å². The van der Waals surface area contributed by atoms with Gasteiger partial charge in [-0.3, -0.25) is 4.98 Å². The fraction of sp³-hybridized carbons (Fsp3) is 0.583. The molecule has 2 atom stereocenters. The number of aromatic nitrogens is 1. The highest BCUT2D eigenvalue weighted by Gasteiger charge is 2.34. The first kappa shape index (κ1) is 12.5. The van der Waals surface area contributed by atoms with Crippen molar-refractivity contribution in [1.82, 2.24) is 10.3 Å². The average Bonchev–Trinajstić information content (AvgIpc) is 2.75. The Bertz CT molecular complexity index is 459. The Balaban J connectivity index is 1.95. The van der Waals surface area contributed by atoms with Crippen LogP contribution in [0.5, 0.6) is 0 Å². The zero-order chi connectivity index (χ0) is 12.3. The lowest BCUT2D eigenvalue weighted by Gasteiger charge is -2.19. The van der Waals surface area contributed by atoms with Crippen LogP contribution in [0.2, 0.25) is 0 Å². The van der Waals surface area contributed by atoms with Crippen molar-refractivity contribution in [1.29, 1.82) is 0 Å². The van der Waals surface area contributed by atoms with Gasteiger partial charge in [-0.15, -0.1) is 0 Å². The predicted octanol–water partition coefficient (Wildman–Crippen LogP) is 1.14. The summed E-state index contributed by atoms with van der Waals surface area (Å²) in [6, 6.07) is 3.98. The molecule has 0 aromatic carbocycles. The third kappa shape index (κ3) is 3.26. The minimum Gasteiger partial charge on any atom is -0.309 e. The van der Waals surface area contributed by atoms with Crippen molar-refractivity contribution >= 4 is 9.84 Å². The Morgan fingerprint density at radius 3 is 2.71 bits per heavy atom. The van der Waals surface area contributed by atoms with Crippen LogP contribution in [0.1, 0.15) is 24.8 Å². The molecule has 0 saturated heterocycles. The van der Waals surface area contributed by atoms with E-state index in [1.807, 2.05) is 12.1 Å². The first-order valence-corrected chi connectivity index (χ1v) is 7.84. The van der Waals surface area contributed by atoms with Crippen LogP contribution in [-0.2, 0) is 16.4 Å². The van der Waals surface area contributed by atoms with Gasteiger partial charge in [-0.2, -0.15) is 0 Å². The number of hydrogen-bond acceptors (Lipinski definition) is 4. The van der Waals surface area contributed by atoms with Crippen LogP contribution in [0.15, 0.2) is 24.5 Å². The van der Waals surface area contributed by atoms with E-state index >= 15 is 0 Å². The molecule has 1 N–H and O–H groups in total. The molecule has 0 spiro atoms. The summed E-state index contributed by atoms with van der Waals surface area (Å²) >= 11 is 0. The Kier molecular flexibility index (Phi) is 3.79. The van der Waals surface area contributed by atoms with Crippen molar-refractivity contribution in [3.8, 4) is 0 Å². The summed E-state index contributed by atoms with van der Waals surface area (Å²) < 4.78 is 23.2. The number of nitrogens with one attached hydrogen (secondary N) is 1. The average molecular weight is 254 g/mol. The molecular formula is C12H18N2O2S. The maximum Gasteiger partial charge on any atom is 0.151 e. The van der Waals surface area contributed by atoms with E-state index in [0.717, 1.165) is 24.8 Å². The lowest BCUT2D eigenvalue weighted by atomic mass is 10.2. The second kappa shape index (κ2) is 5.14. The molecule has 0 radical (unpaired) electrons. The van der Waals surface area contributed by atoms with Gasteiger partial charge in [-0.05, 0) is 30.5 Å². The number of rotatable bonds is 4. The van der Waals surface area contributed by atoms with E-state index in [1.54, 1.807) is 12.4 Å². The largest absolute Gasteiger partial charge is 0.309 e. The van der Waals surface area contributed by atoms with Gasteiger partial charge in [-0.1, -0.05) is 6.42 Å². The van der Waals surface area contributed by atoms with Gasteiger partial charge in [0.2, 0.25) is 0 Å². The molecule has 17 heavy (non-hydrogen) atoms. The van der Waals surface area contributed by atoms with Crippen LogP contribution >= 0.6 is 0 Å². The predicted molar refractivity (Wildman–Crippen MR) is 67.3 cm³/mol. The van der Waals surface area contributed by atoms with Crippen molar-refractivity contribution in [2.45, 2.75) is 37.1 Å². The third-order valence-corrected chi connectivity index (χ3v) is 4.98. The van der Waals surface area contributed by atoms with Crippen molar-refractivity contribution < 1.29 is 8.42 Å². The summed E-state index contributed by atoms with van der Waals surface area (Å²) in [5.41, 5.74) is 1.14. The van der Waals surface area contributed by atoms with Gasteiger partial charge in [-0.25, -0.2) is 8.42 Å². The van der Waals surface area contributed by atoms with Gasteiger partial charge in [0.15, 0.2) is 9.84 Å². The molecule has 1 aromatic heterocycles. The maximum atomic E-state index is 11.6. The molecular weight excluding hydrogens is 236 g/mol. The van der Waals surface area contributed by atoms with Crippen molar-refractivity contribution in [2.24, 2.45) is 0 Å². The Morgan fingerprint density at radius 1 is 1.35 bits per heavy atom. The molecule has 2 unspecified atom stereocenters. The monoisotopic (exact) mass is 254 g/mol. The second-order valence-corrected chi connectivity index (χ2v) is 6.91. The van der Waals surface area contributed by atoms with E-state index in [-0.39, 0.29) is 11.3 Å². The van der Waals surface area contributed by atoms with E-state index in [4.69, 9.17) is 0 Å². The number of sulfone groups is 1. The fourth-order valence-corrected chi connectivity index (χ4v) is 3.85. The summed E-state index contributed by atoms with van der Waals surface area (Å²) in [7, 11) is -2.93. The third-order valence-electron chi connectivity index (χ3n) is 3.32. The van der Waals surface area contributed by atoms with Crippen LogP contribution in [0.25, 0.3) is 0 Å². The molecule has 0 amide bonds. The van der Waals surface area contributed by atoms with Crippen molar-refractivity contribution in [3.05, 3.63) is 30.1 Å². The van der Waals surface area contributed by atoms with Gasteiger partial charge < -0.3 is 5.32 Å². The van der Waals surface area contributed by atoms with Gasteiger partial charge in [0.05, 0.1) is 5.25 Å². The molecule has 1 fully saturated rings. The molecule has 0 aliphatic heterocycles. The smallest absolute Gasteiger partial charge is 0.151 e. The van der Waals surface area contributed by atoms with Gasteiger partial charge in [0.25, 0.3) is 0 Å². The van der Waals surface area contributed by atoms with E-state index in [0.29, 0.717) is 6.54 Å². The molecule has 4 nitrogen and oxygen atoms in total. The number of nitrogens with zero attached hydrogens (tertiary/aromatic N) is 1. The van der Waals surface area contributed by atoms with E-state index in [9.17, 15) is 8.42 Å². The van der Waals surface area contributed by atoms with Gasteiger partial charge in [0, 0.05) is 31.2 Å². The molecule has 1 aliphatic rings. The highest BCUT2D eigenvalue weighted by atomic mass is 32.2. The van der Waals surface area contributed by atoms with E-state index < -0.39 is 9.84 Å². The summed E-state index contributed by atoms with van der Waals surface area (Å²) in [6.07, 6.45) is 7.56. The van der Waals surface area contributed by atoms with Gasteiger partial charge >= 0.3 is 0 Å². The molecule has 1 saturated carbocycles. The molecule has 5 heteroatoms. The standard InChI is InChI=1S/C12H18N2O2S/c1-17(15,16)12-4-2-3-11(12)14-9-10-5-7-13-8-6-10/h5-8,11-12,14H,2-4,9H2,1H3. The highest BCUT2D eigenvalue weighted by Crippen LogP contribution is 2.25. The van der Waals surface area contributed by atoms with Crippen LogP contribution in [0, 0.1) is 0 Å². The Hall–Kier alpha value is -0.940. The minimum absolute atomic E-state index is 0.0955. The quantitative estimate of drug-likeness (QED) is 0.875. The normalized spacial score (nSPS) is 25.0. The molecule has 0 bridgehead atoms. The van der Waals surface area contributed by atoms with Crippen molar-refractivity contribution in [3.63, 3.8) is 0 Å². The summed E-state index contributed by atoms with van der Waals surface area (Å²) in [5, 5.41) is 3.13. The summed E-state index contributed by atoms with van der Waals surface area (Å²) in [6.45, 7) is 0.708. The molecule has 1 aromatic rings. The highest BCUT2D eigenvalue weighted by molar-refractivity contribution is 7.91. The fourth-order valence-electron chi connectivity index (χ4n) is 2.42. The second-order valence-electron chi connectivity index (χ2n) is 4.64. The Morgan fingerprint density at radius 2 is 2.06 bits per heavy atom. The number of pyridine rings is 1. The maximum absolute atomic E-state index is 11.6. The van der Waals surface area contributed by atoms with E-state index in [2.05, 4.69) is 10.3 Å². The molecule has 1 aliphatic carbocycles. The SMILES string of the molecule is CS(=O)(=O)C1CCCC1NCc1ccncc1. The lowest BCUT2D eigenvalue weighted by molar-refractivity contribution is 0.507. The van der Waals surface area contributed by atoms with Gasteiger partial charge in [0.1, 0.15) is 0 Å². The summed E-state index contributed by atoms with van der Waals surface area (Å²) in [4.78, 5) is 3.96. The summed E-state index contributed by atoms with van der Waals surface area (Å²) in [5.74, 6) is 0. The van der Waals surface area contributed by atoms with Crippen LogP contribution in [-0.4, -0.2) is 30.9 Å². The first-order chi connectivity index (χ1) is 8.07. The van der Waals surface area contributed by atoms with Crippen molar-refractivity contribution in [2.75, 3.05) is 6.26 Å². The molecule has 2 rings (SSSR count). The topological polar surface area (TPSA) is 59.1 Å². The molecule has 94 valence electrons. The molecule has 1 heterocycles. The Labute approximate surface area is 102 Å². The van der Waals surface area contributed by atoms with Crippen LogP contribution in [0.4, 0.5) is 0 Å². The minimum atomic E-state index is -2.93. The number of hydrogen-bond donors (Lipinski definition) is 1.